The number of carbonyl (C=O) groups is 1. The smallest absolute Gasteiger partial charge is 0.236 e. The summed E-state index contributed by atoms with van der Waals surface area (Å²) in [5.74, 6) is 0.150. The highest BCUT2D eigenvalue weighted by Crippen LogP contribution is 2.27. The molecule has 2 heterocycles. The fourth-order valence-electron chi connectivity index (χ4n) is 3.13. The van der Waals surface area contributed by atoms with Crippen LogP contribution in [-0.4, -0.2) is 63.3 Å². The lowest BCUT2D eigenvalue weighted by atomic mass is 10.2. The molecule has 0 saturated carbocycles. The zero-order valence-corrected chi connectivity index (χ0v) is 16.4. The Morgan fingerprint density at radius 1 is 1.38 bits per heavy atom. The number of para-hydroxylation sites is 1. The van der Waals surface area contributed by atoms with E-state index in [1.54, 1.807) is 11.2 Å². The number of thioether (sulfide) groups is 1. The van der Waals surface area contributed by atoms with Gasteiger partial charge in [0, 0.05) is 18.3 Å². The zero-order valence-electron chi connectivity index (χ0n) is 14.8. The Labute approximate surface area is 157 Å². The maximum absolute atomic E-state index is 12.9. The number of carbonyl (C=O) groups excluding carboxylic acids is 1. The van der Waals surface area contributed by atoms with Gasteiger partial charge in [0.25, 0.3) is 0 Å². The molecular formula is C17H22N4O3S2. The molecule has 1 fully saturated rings. The third-order valence-electron chi connectivity index (χ3n) is 4.45. The molecule has 0 N–H and O–H groups in total. The number of benzene rings is 1. The van der Waals surface area contributed by atoms with Gasteiger partial charge in [-0.05, 0) is 32.4 Å². The van der Waals surface area contributed by atoms with Crippen molar-refractivity contribution in [3.63, 3.8) is 0 Å². The number of hydrogen-bond donors (Lipinski definition) is 0. The van der Waals surface area contributed by atoms with Gasteiger partial charge in [-0.15, -0.1) is 10.2 Å². The normalized spacial score (nSPS) is 20.0. The molecule has 1 saturated heterocycles. The molecular weight excluding hydrogens is 372 g/mol. The second kappa shape index (κ2) is 7.79. The first-order valence-corrected chi connectivity index (χ1v) is 11.2. The summed E-state index contributed by atoms with van der Waals surface area (Å²) in [5, 5.41) is 8.34. The lowest BCUT2D eigenvalue weighted by Crippen LogP contribution is -2.44. The summed E-state index contributed by atoms with van der Waals surface area (Å²) < 4.78 is 25.3. The van der Waals surface area contributed by atoms with E-state index in [0.29, 0.717) is 18.1 Å². The minimum Gasteiger partial charge on any atom is -0.338 e. The number of aromatic nitrogens is 3. The number of amides is 1. The fourth-order valence-corrected chi connectivity index (χ4v) is 5.77. The van der Waals surface area contributed by atoms with Crippen LogP contribution in [-0.2, 0) is 14.6 Å². The van der Waals surface area contributed by atoms with Crippen LogP contribution >= 0.6 is 11.8 Å². The zero-order chi connectivity index (χ0) is 18.7. The van der Waals surface area contributed by atoms with Gasteiger partial charge in [-0.3, -0.25) is 9.36 Å². The predicted molar refractivity (Wildman–Crippen MR) is 101 cm³/mol. The monoisotopic (exact) mass is 394 g/mol. The average molecular weight is 395 g/mol. The molecule has 1 aromatic carbocycles. The Morgan fingerprint density at radius 3 is 2.73 bits per heavy atom. The molecule has 0 bridgehead atoms. The Bertz CT molecular complexity index is 867. The predicted octanol–water partition coefficient (Wildman–Crippen LogP) is 1.78. The first-order chi connectivity index (χ1) is 12.4. The van der Waals surface area contributed by atoms with E-state index in [4.69, 9.17) is 0 Å². The average Bonchev–Trinajstić information content (AvgIpc) is 3.22. The van der Waals surface area contributed by atoms with Crippen LogP contribution in [0.1, 0.15) is 20.3 Å². The van der Waals surface area contributed by atoms with Crippen LogP contribution in [0, 0.1) is 0 Å². The number of nitrogens with zero attached hydrogens (tertiary/aromatic N) is 4. The SMILES string of the molecule is CCN(C(=O)C(C)Sc1nncn1-c1ccccc1)C1CCS(=O)(=O)C1. The van der Waals surface area contributed by atoms with E-state index < -0.39 is 9.84 Å². The van der Waals surface area contributed by atoms with Crippen LogP contribution in [0.15, 0.2) is 41.8 Å². The van der Waals surface area contributed by atoms with Crippen molar-refractivity contribution in [2.24, 2.45) is 0 Å². The van der Waals surface area contributed by atoms with Crippen molar-refractivity contribution in [1.82, 2.24) is 19.7 Å². The summed E-state index contributed by atoms with van der Waals surface area (Å²) in [4.78, 5) is 14.6. The van der Waals surface area contributed by atoms with Crippen molar-refractivity contribution in [2.45, 2.75) is 36.7 Å². The molecule has 7 nitrogen and oxygen atoms in total. The molecule has 2 unspecified atom stereocenters. The molecule has 1 aliphatic rings. The standard InChI is InChI=1S/C17H22N4O3S2/c1-3-20(15-9-10-26(23,24)11-15)16(22)13(2)25-17-19-18-12-21(17)14-7-5-4-6-8-14/h4-8,12-13,15H,3,9-11H2,1-2H3. The van der Waals surface area contributed by atoms with Gasteiger partial charge >= 0.3 is 0 Å². The van der Waals surface area contributed by atoms with E-state index >= 15 is 0 Å². The van der Waals surface area contributed by atoms with Crippen molar-refractivity contribution in [1.29, 1.82) is 0 Å². The van der Waals surface area contributed by atoms with Gasteiger partial charge in [0.15, 0.2) is 15.0 Å². The topological polar surface area (TPSA) is 85.2 Å². The molecule has 0 radical (unpaired) electrons. The highest BCUT2D eigenvalue weighted by atomic mass is 32.2. The maximum atomic E-state index is 12.9. The summed E-state index contributed by atoms with van der Waals surface area (Å²) in [5.41, 5.74) is 0.925. The summed E-state index contributed by atoms with van der Waals surface area (Å²) in [6.45, 7) is 4.20. The Morgan fingerprint density at radius 2 is 2.12 bits per heavy atom. The number of sulfone groups is 1. The van der Waals surface area contributed by atoms with Gasteiger partial charge in [0.1, 0.15) is 6.33 Å². The lowest BCUT2D eigenvalue weighted by molar-refractivity contribution is -0.131. The van der Waals surface area contributed by atoms with Gasteiger partial charge < -0.3 is 4.90 Å². The van der Waals surface area contributed by atoms with E-state index in [-0.39, 0.29) is 28.7 Å². The van der Waals surface area contributed by atoms with Gasteiger partial charge in [-0.1, -0.05) is 30.0 Å². The quantitative estimate of drug-likeness (QED) is 0.695. The number of rotatable bonds is 6. The maximum Gasteiger partial charge on any atom is 0.236 e. The van der Waals surface area contributed by atoms with Crippen molar-refractivity contribution in [3.8, 4) is 5.69 Å². The molecule has 140 valence electrons. The summed E-state index contributed by atoms with van der Waals surface area (Å²) in [6.07, 6.45) is 2.13. The Hall–Kier alpha value is -1.87. The third-order valence-corrected chi connectivity index (χ3v) is 7.25. The van der Waals surface area contributed by atoms with Crippen molar-refractivity contribution >= 4 is 27.5 Å². The Kier molecular flexibility index (Phi) is 5.67. The van der Waals surface area contributed by atoms with Crippen LogP contribution in [0.3, 0.4) is 0 Å². The van der Waals surface area contributed by atoms with E-state index in [2.05, 4.69) is 10.2 Å². The van der Waals surface area contributed by atoms with Crippen molar-refractivity contribution in [3.05, 3.63) is 36.7 Å². The van der Waals surface area contributed by atoms with Crippen LogP contribution in [0.2, 0.25) is 0 Å². The molecule has 26 heavy (non-hydrogen) atoms. The summed E-state index contributed by atoms with van der Waals surface area (Å²) in [7, 11) is -3.03. The van der Waals surface area contributed by atoms with E-state index in [0.717, 1.165) is 5.69 Å². The minimum absolute atomic E-state index is 0.0597. The fraction of sp³-hybridized carbons (Fsp3) is 0.471. The van der Waals surface area contributed by atoms with E-state index in [1.807, 2.05) is 48.7 Å². The molecule has 0 aliphatic carbocycles. The second-order valence-electron chi connectivity index (χ2n) is 6.26. The van der Waals surface area contributed by atoms with Crippen LogP contribution in [0.25, 0.3) is 5.69 Å². The van der Waals surface area contributed by atoms with E-state index in [9.17, 15) is 13.2 Å². The van der Waals surface area contributed by atoms with Gasteiger partial charge in [-0.25, -0.2) is 8.42 Å². The largest absolute Gasteiger partial charge is 0.338 e. The molecule has 0 spiro atoms. The summed E-state index contributed by atoms with van der Waals surface area (Å²) >= 11 is 1.33. The highest BCUT2D eigenvalue weighted by molar-refractivity contribution is 8.00. The summed E-state index contributed by atoms with van der Waals surface area (Å²) in [6, 6.07) is 9.45. The first-order valence-electron chi connectivity index (χ1n) is 8.54. The third kappa shape index (κ3) is 4.09. The van der Waals surface area contributed by atoms with Gasteiger partial charge in [0.05, 0.1) is 16.8 Å². The van der Waals surface area contributed by atoms with E-state index in [1.165, 1.54) is 11.8 Å². The molecule has 9 heteroatoms. The van der Waals surface area contributed by atoms with Crippen LogP contribution in [0.5, 0.6) is 0 Å². The molecule has 2 atom stereocenters. The second-order valence-corrected chi connectivity index (χ2v) is 9.80. The van der Waals surface area contributed by atoms with Gasteiger partial charge in [-0.2, -0.15) is 0 Å². The lowest BCUT2D eigenvalue weighted by Gasteiger charge is -2.29. The molecule has 2 aromatic rings. The molecule has 1 amide bonds. The highest BCUT2D eigenvalue weighted by Gasteiger charge is 2.35. The molecule has 3 rings (SSSR count). The number of hydrogen-bond acceptors (Lipinski definition) is 6. The van der Waals surface area contributed by atoms with Crippen LogP contribution in [0.4, 0.5) is 0 Å². The van der Waals surface area contributed by atoms with Crippen LogP contribution < -0.4 is 0 Å². The first kappa shape index (κ1) is 18.9. The molecule has 1 aliphatic heterocycles. The van der Waals surface area contributed by atoms with Crippen molar-refractivity contribution in [2.75, 3.05) is 18.1 Å². The minimum atomic E-state index is -3.03. The van der Waals surface area contributed by atoms with Crippen molar-refractivity contribution < 1.29 is 13.2 Å². The molecule has 1 aromatic heterocycles. The van der Waals surface area contributed by atoms with Gasteiger partial charge in [0.2, 0.25) is 5.91 Å². The Balaban J connectivity index is 1.73.